The van der Waals surface area contributed by atoms with Crippen LogP contribution >= 0.6 is 11.6 Å². The van der Waals surface area contributed by atoms with Crippen molar-refractivity contribution < 1.29 is 19.1 Å². The van der Waals surface area contributed by atoms with Gasteiger partial charge >= 0.3 is 5.97 Å². The number of hydrogen-bond acceptors (Lipinski definition) is 3. The predicted octanol–water partition coefficient (Wildman–Crippen LogP) is 2.88. The highest BCUT2D eigenvalue weighted by Gasteiger charge is 2.20. The van der Waals surface area contributed by atoms with Crippen LogP contribution in [0.2, 0.25) is 5.02 Å². The summed E-state index contributed by atoms with van der Waals surface area (Å²) in [5.74, 6) is -1.36. The van der Waals surface area contributed by atoms with E-state index in [4.69, 9.17) is 21.1 Å². The molecule has 20 heavy (non-hydrogen) atoms. The van der Waals surface area contributed by atoms with Crippen LogP contribution in [0.25, 0.3) is 0 Å². The lowest BCUT2D eigenvalue weighted by Gasteiger charge is -2.17. The minimum Gasteiger partial charge on any atom is -0.481 e. The molecule has 1 aromatic heterocycles. The van der Waals surface area contributed by atoms with Gasteiger partial charge in [-0.05, 0) is 29.8 Å². The number of carboxylic acids is 1. The Labute approximate surface area is 120 Å². The Kier molecular flexibility index (Phi) is 4.42. The molecule has 2 N–H and O–H groups in total. The number of amides is 1. The predicted molar refractivity (Wildman–Crippen MR) is 72.6 cm³/mol. The van der Waals surface area contributed by atoms with Crippen LogP contribution in [-0.2, 0) is 4.79 Å². The van der Waals surface area contributed by atoms with Crippen LogP contribution in [0.1, 0.15) is 28.6 Å². The summed E-state index contributed by atoms with van der Waals surface area (Å²) in [4.78, 5) is 22.9. The first kappa shape index (κ1) is 14.1. The zero-order chi connectivity index (χ0) is 14.5. The topological polar surface area (TPSA) is 79.5 Å². The van der Waals surface area contributed by atoms with Crippen molar-refractivity contribution in [2.45, 2.75) is 12.5 Å². The van der Waals surface area contributed by atoms with Crippen molar-refractivity contribution in [1.82, 2.24) is 5.32 Å². The number of carbonyl (C=O) groups excluding carboxylic acids is 1. The number of halogens is 1. The van der Waals surface area contributed by atoms with Crippen LogP contribution in [0.3, 0.4) is 0 Å². The number of benzene rings is 1. The molecule has 6 heteroatoms. The highest BCUT2D eigenvalue weighted by molar-refractivity contribution is 6.30. The normalized spacial score (nSPS) is 11.8. The van der Waals surface area contributed by atoms with E-state index in [2.05, 4.69) is 5.32 Å². The summed E-state index contributed by atoms with van der Waals surface area (Å²) >= 11 is 5.88. The number of carbonyl (C=O) groups is 2. The monoisotopic (exact) mass is 293 g/mol. The fourth-order valence-electron chi connectivity index (χ4n) is 1.79. The van der Waals surface area contributed by atoms with Crippen LogP contribution in [0.4, 0.5) is 0 Å². The van der Waals surface area contributed by atoms with E-state index in [9.17, 15) is 9.59 Å². The molecule has 0 spiro atoms. The second kappa shape index (κ2) is 6.25. The summed E-state index contributed by atoms with van der Waals surface area (Å²) in [5.41, 5.74) is 0.625. The van der Waals surface area contributed by atoms with Gasteiger partial charge in [-0.2, -0.15) is 0 Å². The maximum absolute atomic E-state index is 11.9. The smallest absolute Gasteiger partial charge is 0.305 e. The van der Waals surface area contributed by atoms with Crippen molar-refractivity contribution in [3.8, 4) is 0 Å². The standard InChI is InChI=1S/C14H12ClNO4/c15-10-4-1-3-9(7-10)11(8-13(17)18)16-14(19)12-5-2-6-20-12/h1-7,11H,8H2,(H,16,19)(H,17,18)/t11-/m1/s1. The first-order valence-electron chi connectivity index (χ1n) is 5.88. The molecule has 0 aliphatic heterocycles. The molecule has 0 saturated heterocycles. The summed E-state index contributed by atoms with van der Waals surface area (Å²) in [6.45, 7) is 0. The number of nitrogens with one attached hydrogen (secondary N) is 1. The Bertz CT molecular complexity index is 609. The third kappa shape index (κ3) is 3.61. The van der Waals surface area contributed by atoms with Gasteiger partial charge < -0.3 is 14.8 Å². The molecule has 0 unspecified atom stereocenters. The van der Waals surface area contributed by atoms with E-state index in [0.29, 0.717) is 10.6 Å². The first-order chi connectivity index (χ1) is 9.56. The van der Waals surface area contributed by atoms with Gasteiger partial charge in [0.2, 0.25) is 0 Å². The summed E-state index contributed by atoms with van der Waals surface area (Å²) < 4.78 is 4.98. The Morgan fingerprint density at radius 2 is 2.10 bits per heavy atom. The van der Waals surface area contributed by atoms with E-state index in [-0.39, 0.29) is 12.2 Å². The fraction of sp³-hybridized carbons (Fsp3) is 0.143. The van der Waals surface area contributed by atoms with E-state index in [1.54, 1.807) is 30.3 Å². The van der Waals surface area contributed by atoms with Gasteiger partial charge in [0.1, 0.15) is 0 Å². The molecule has 1 aromatic carbocycles. The second-order valence-electron chi connectivity index (χ2n) is 4.16. The zero-order valence-electron chi connectivity index (χ0n) is 10.4. The molecule has 2 rings (SSSR count). The van der Waals surface area contributed by atoms with Gasteiger partial charge in [0.25, 0.3) is 5.91 Å². The van der Waals surface area contributed by atoms with Crippen LogP contribution in [0.15, 0.2) is 47.1 Å². The lowest BCUT2D eigenvalue weighted by molar-refractivity contribution is -0.137. The van der Waals surface area contributed by atoms with E-state index in [0.717, 1.165) is 0 Å². The van der Waals surface area contributed by atoms with E-state index in [1.807, 2.05) is 0 Å². The molecular weight excluding hydrogens is 282 g/mol. The van der Waals surface area contributed by atoms with Crippen molar-refractivity contribution in [3.05, 3.63) is 59.0 Å². The number of furan rings is 1. The molecule has 0 aliphatic rings. The Morgan fingerprint density at radius 3 is 2.70 bits per heavy atom. The van der Waals surface area contributed by atoms with Crippen molar-refractivity contribution in [2.75, 3.05) is 0 Å². The Balaban J connectivity index is 2.20. The van der Waals surface area contributed by atoms with Crippen LogP contribution in [0, 0.1) is 0 Å². The average Bonchev–Trinajstić information content (AvgIpc) is 2.91. The molecule has 0 saturated carbocycles. The molecule has 0 aliphatic carbocycles. The average molecular weight is 294 g/mol. The van der Waals surface area contributed by atoms with Crippen molar-refractivity contribution in [1.29, 1.82) is 0 Å². The Morgan fingerprint density at radius 1 is 1.30 bits per heavy atom. The minimum atomic E-state index is -1.02. The van der Waals surface area contributed by atoms with Crippen LogP contribution < -0.4 is 5.32 Å². The molecule has 0 radical (unpaired) electrons. The zero-order valence-corrected chi connectivity index (χ0v) is 11.1. The quantitative estimate of drug-likeness (QED) is 0.888. The second-order valence-corrected chi connectivity index (χ2v) is 4.59. The van der Waals surface area contributed by atoms with Crippen molar-refractivity contribution in [2.24, 2.45) is 0 Å². The molecule has 2 aromatic rings. The number of aliphatic carboxylic acids is 1. The maximum atomic E-state index is 11.9. The molecule has 5 nitrogen and oxygen atoms in total. The van der Waals surface area contributed by atoms with Crippen LogP contribution in [-0.4, -0.2) is 17.0 Å². The number of hydrogen-bond donors (Lipinski definition) is 2. The summed E-state index contributed by atoms with van der Waals surface area (Å²) in [5, 5.41) is 12.0. The van der Waals surface area contributed by atoms with E-state index in [1.165, 1.54) is 12.3 Å². The maximum Gasteiger partial charge on any atom is 0.305 e. The number of carboxylic acid groups (broad SMARTS) is 1. The third-order valence-corrected chi connectivity index (χ3v) is 2.92. The van der Waals surface area contributed by atoms with Crippen LogP contribution in [0.5, 0.6) is 0 Å². The van der Waals surface area contributed by atoms with Gasteiger partial charge in [0, 0.05) is 5.02 Å². The molecule has 1 atom stereocenters. The van der Waals surface area contributed by atoms with Gasteiger partial charge in [-0.25, -0.2) is 0 Å². The van der Waals surface area contributed by atoms with Gasteiger partial charge in [-0.3, -0.25) is 9.59 Å². The summed E-state index contributed by atoms with van der Waals surface area (Å²) in [6.07, 6.45) is 1.13. The lowest BCUT2D eigenvalue weighted by atomic mass is 10.0. The number of rotatable bonds is 5. The van der Waals surface area contributed by atoms with Crippen molar-refractivity contribution in [3.63, 3.8) is 0 Å². The lowest BCUT2D eigenvalue weighted by Crippen LogP contribution is -2.29. The van der Waals surface area contributed by atoms with E-state index >= 15 is 0 Å². The van der Waals surface area contributed by atoms with Gasteiger partial charge in [0.15, 0.2) is 5.76 Å². The molecule has 104 valence electrons. The fourth-order valence-corrected chi connectivity index (χ4v) is 1.99. The summed E-state index contributed by atoms with van der Waals surface area (Å²) in [6, 6.07) is 9.12. The molecular formula is C14H12ClNO4. The molecule has 1 amide bonds. The van der Waals surface area contributed by atoms with Gasteiger partial charge in [-0.15, -0.1) is 0 Å². The molecule has 0 fully saturated rings. The highest BCUT2D eigenvalue weighted by Crippen LogP contribution is 2.21. The van der Waals surface area contributed by atoms with Gasteiger partial charge in [0.05, 0.1) is 18.7 Å². The van der Waals surface area contributed by atoms with Crippen molar-refractivity contribution >= 4 is 23.5 Å². The van der Waals surface area contributed by atoms with E-state index < -0.39 is 17.9 Å². The minimum absolute atomic E-state index is 0.127. The first-order valence-corrected chi connectivity index (χ1v) is 6.25. The van der Waals surface area contributed by atoms with Gasteiger partial charge in [-0.1, -0.05) is 23.7 Å². The third-order valence-electron chi connectivity index (χ3n) is 2.68. The molecule has 1 heterocycles. The molecule has 0 bridgehead atoms. The SMILES string of the molecule is O=C(O)C[C@@H](NC(=O)c1ccco1)c1cccc(Cl)c1. The highest BCUT2D eigenvalue weighted by atomic mass is 35.5. The largest absolute Gasteiger partial charge is 0.481 e. The summed E-state index contributed by atoms with van der Waals surface area (Å²) in [7, 11) is 0. The Hall–Kier alpha value is -2.27.